The van der Waals surface area contributed by atoms with E-state index >= 15 is 0 Å². The molecule has 2 N–H and O–H groups in total. The van der Waals surface area contributed by atoms with Crippen molar-refractivity contribution in [3.63, 3.8) is 0 Å². The summed E-state index contributed by atoms with van der Waals surface area (Å²) in [6.07, 6.45) is -1.25. The molecule has 2 aromatic carbocycles. The first kappa shape index (κ1) is 23.3. The van der Waals surface area contributed by atoms with Crippen molar-refractivity contribution in [2.75, 3.05) is 17.2 Å². The molecule has 0 saturated carbocycles. The highest BCUT2D eigenvalue weighted by molar-refractivity contribution is 6.39. The van der Waals surface area contributed by atoms with Crippen LogP contribution in [0.15, 0.2) is 60.7 Å². The van der Waals surface area contributed by atoms with Gasteiger partial charge in [0.1, 0.15) is 10.0 Å². The Labute approximate surface area is 193 Å². The maximum absolute atomic E-state index is 13.7. The third kappa shape index (κ3) is 5.27. The number of benzene rings is 2. The van der Waals surface area contributed by atoms with Gasteiger partial charge in [0.15, 0.2) is 12.7 Å². The molecule has 0 saturated heterocycles. The minimum absolute atomic E-state index is 0.244. The van der Waals surface area contributed by atoms with Gasteiger partial charge in [-0.15, -0.1) is 0 Å². The van der Waals surface area contributed by atoms with Crippen LogP contribution in [0.1, 0.15) is 6.92 Å². The van der Waals surface area contributed by atoms with Crippen molar-refractivity contribution in [1.29, 1.82) is 0 Å². The summed E-state index contributed by atoms with van der Waals surface area (Å²) in [6.45, 7) is 0.772. The van der Waals surface area contributed by atoms with E-state index in [0.717, 1.165) is 0 Å². The minimum Gasteiger partial charge on any atom is -0.461 e. The highest BCUT2D eigenvalue weighted by Crippen LogP contribution is 2.35. The molecule has 0 spiro atoms. The first-order valence-corrected chi connectivity index (χ1v) is 10.1. The predicted molar refractivity (Wildman–Crippen MR) is 120 cm³/mol. The number of pyridine rings is 1. The van der Waals surface area contributed by atoms with Gasteiger partial charge < -0.3 is 15.2 Å². The molecule has 1 heterocycles. The molecule has 1 amide bonds. The van der Waals surface area contributed by atoms with E-state index < -0.39 is 41.4 Å². The predicted octanol–water partition coefficient (Wildman–Crippen LogP) is 4.79. The lowest BCUT2D eigenvalue weighted by molar-refractivity contribution is -0.154. The molecule has 166 valence electrons. The van der Waals surface area contributed by atoms with Crippen molar-refractivity contribution in [3.8, 4) is 5.88 Å². The van der Waals surface area contributed by atoms with Gasteiger partial charge in [0.2, 0.25) is 11.8 Å². The van der Waals surface area contributed by atoms with Crippen molar-refractivity contribution >= 4 is 52.1 Å². The highest BCUT2D eigenvalue weighted by atomic mass is 35.5. The summed E-state index contributed by atoms with van der Waals surface area (Å²) in [7, 11) is 0. The van der Waals surface area contributed by atoms with Crippen molar-refractivity contribution in [2.45, 2.75) is 13.0 Å². The molecule has 0 aliphatic carbocycles. The third-order valence-electron chi connectivity index (χ3n) is 4.28. The molecule has 3 rings (SSSR count). The van der Waals surface area contributed by atoms with Crippen molar-refractivity contribution in [3.05, 3.63) is 76.7 Å². The van der Waals surface area contributed by atoms with Crippen LogP contribution >= 0.6 is 23.2 Å². The van der Waals surface area contributed by atoms with Crippen molar-refractivity contribution in [2.24, 2.45) is 0 Å². The van der Waals surface area contributed by atoms with Crippen molar-refractivity contribution in [1.82, 2.24) is 4.98 Å². The standard InChI is InChI=1S/C22H18Cl2FN3O4/c1-13(32-21-18(24)19(26)17(23)20(25)27-21)22(30)31-12-16(29)28(14-8-4-2-5-9-14)15-10-6-3-7-11-15/h2-11,13H,12H2,1H3,(H2,26,27)/t13-/m1/s1. The maximum Gasteiger partial charge on any atom is 0.347 e. The summed E-state index contributed by atoms with van der Waals surface area (Å²) in [6, 6.07) is 17.8. The Morgan fingerprint density at radius 2 is 1.56 bits per heavy atom. The first-order chi connectivity index (χ1) is 15.3. The molecule has 1 atom stereocenters. The lowest BCUT2D eigenvalue weighted by Crippen LogP contribution is -2.34. The zero-order valence-corrected chi connectivity index (χ0v) is 18.3. The fourth-order valence-electron chi connectivity index (χ4n) is 2.71. The van der Waals surface area contributed by atoms with E-state index in [4.69, 9.17) is 38.4 Å². The largest absolute Gasteiger partial charge is 0.461 e. The maximum atomic E-state index is 13.7. The molecule has 7 nitrogen and oxygen atoms in total. The monoisotopic (exact) mass is 477 g/mol. The number of rotatable bonds is 7. The van der Waals surface area contributed by atoms with Gasteiger partial charge >= 0.3 is 5.97 Å². The summed E-state index contributed by atoms with van der Waals surface area (Å²) in [5.41, 5.74) is 6.52. The molecular formula is C22H18Cl2FN3O4. The number of nitrogen functional groups attached to an aromatic ring is 1. The van der Waals surface area contributed by atoms with Gasteiger partial charge in [-0.25, -0.2) is 4.79 Å². The molecule has 0 aliphatic heterocycles. The number of nitrogens with zero attached hydrogens (tertiary/aromatic N) is 2. The minimum atomic E-state index is -1.25. The van der Waals surface area contributed by atoms with E-state index in [1.165, 1.54) is 11.8 Å². The number of carbonyl (C=O) groups is 2. The number of para-hydroxylation sites is 2. The molecule has 3 aromatic rings. The molecular weight excluding hydrogens is 460 g/mol. The van der Waals surface area contributed by atoms with E-state index in [1.807, 2.05) is 12.1 Å². The molecule has 0 bridgehead atoms. The van der Waals surface area contributed by atoms with Crippen LogP contribution < -0.4 is 15.4 Å². The molecule has 0 aliphatic rings. The fourth-order valence-corrected chi connectivity index (χ4v) is 3.08. The van der Waals surface area contributed by atoms with Crippen molar-refractivity contribution < 1.29 is 23.5 Å². The Bertz CT molecular complexity index is 1080. The zero-order chi connectivity index (χ0) is 23.3. The molecule has 1 aromatic heterocycles. The van der Waals surface area contributed by atoms with Crippen LogP contribution in [0.25, 0.3) is 0 Å². The van der Waals surface area contributed by atoms with E-state index in [1.54, 1.807) is 48.5 Å². The first-order valence-electron chi connectivity index (χ1n) is 9.36. The normalized spacial score (nSPS) is 11.5. The number of hydrogen-bond donors (Lipinski definition) is 1. The van der Waals surface area contributed by atoms with Gasteiger partial charge in [-0.05, 0) is 31.2 Å². The van der Waals surface area contributed by atoms with Crippen LogP contribution in [0.5, 0.6) is 5.88 Å². The van der Waals surface area contributed by atoms with E-state index in [-0.39, 0.29) is 10.7 Å². The SMILES string of the molecule is C[C@@H](Oc1nc(F)c(Cl)c(N)c1Cl)C(=O)OCC(=O)N(c1ccccc1)c1ccccc1. The Hall–Kier alpha value is -3.36. The number of anilines is 3. The van der Waals surface area contributed by atoms with Gasteiger partial charge in [-0.1, -0.05) is 59.6 Å². The summed E-state index contributed by atoms with van der Waals surface area (Å²) >= 11 is 11.6. The second kappa shape index (κ2) is 10.3. The second-order valence-electron chi connectivity index (χ2n) is 6.52. The number of ether oxygens (including phenoxy) is 2. The number of hydrogen-bond acceptors (Lipinski definition) is 6. The molecule has 10 heteroatoms. The van der Waals surface area contributed by atoms with Gasteiger partial charge in [0.05, 0.1) is 5.69 Å². The number of halogens is 3. The highest BCUT2D eigenvalue weighted by Gasteiger charge is 2.25. The van der Waals surface area contributed by atoms with Gasteiger partial charge in [-0.3, -0.25) is 9.69 Å². The summed E-state index contributed by atoms with van der Waals surface area (Å²) in [5, 5.41) is -0.698. The summed E-state index contributed by atoms with van der Waals surface area (Å²) < 4.78 is 24.1. The van der Waals surface area contributed by atoms with Crippen LogP contribution in [-0.4, -0.2) is 29.6 Å². The fraction of sp³-hybridized carbons (Fsp3) is 0.136. The van der Waals surface area contributed by atoms with E-state index in [9.17, 15) is 14.0 Å². The summed E-state index contributed by atoms with van der Waals surface area (Å²) in [4.78, 5) is 30.1. The van der Waals surface area contributed by atoms with E-state index in [2.05, 4.69) is 4.98 Å². The average molecular weight is 478 g/mol. The smallest absolute Gasteiger partial charge is 0.347 e. The Morgan fingerprint density at radius 1 is 1.03 bits per heavy atom. The number of amides is 1. The molecule has 0 fully saturated rings. The van der Waals surface area contributed by atoms with Gasteiger partial charge in [0.25, 0.3) is 5.91 Å². The van der Waals surface area contributed by atoms with Crippen LogP contribution in [0, 0.1) is 5.95 Å². The quantitative estimate of drug-likeness (QED) is 0.388. The van der Waals surface area contributed by atoms with Gasteiger partial charge in [0, 0.05) is 11.4 Å². The molecule has 0 radical (unpaired) electrons. The van der Waals surface area contributed by atoms with Crippen LogP contribution in [-0.2, 0) is 14.3 Å². The molecule has 0 unspecified atom stereocenters. The van der Waals surface area contributed by atoms with Crippen LogP contribution in [0.4, 0.5) is 21.5 Å². The third-order valence-corrected chi connectivity index (χ3v) is 5.00. The molecule has 32 heavy (non-hydrogen) atoms. The van der Waals surface area contributed by atoms with Gasteiger partial charge in [-0.2, -0.15) is 9.37 Å². The van der Waals surface area contributed by atoms with Crippen LogP contribution in [0.3, 0.4) is 0 Å². The Balaban J connectivity index is 1.69. The lowest BCUT2D eigenvalue weighted by Gasteiger charge is -2.23. The van der Waals surface area contributed by atoms with Crippen LogP contribution in [0.2, 0.25) is 10.0 Å². The average Bonchev–Trinajstić information content (AvgIpc) is 2.81. The number of carbonyl (C=O) groups excluding carboxylic acids is 2. The number of aromatic nitrogens is 1. The Morgan fingerprint density at radius 3 is 2.09 bits per heavy atom. The summed E-state index contributed by atoms with van der Waals surface area (Å²) in [5.74, 6) is -2.88. The lowest BCUT2D eigenvalue weighted by atomic mass is 10.2. The second-order valence-corrected chi connectivity index (χ2v) is 7.27. The van der Waals surface area contributed by atoms with E-state index in [0.29, 0.717) is 11.4 Å². The zero-order valence-electron chi connectivity index (χ0n) is 16.8. The number of esters is 1. The Kier molecular flexibility index (Phi) is 7.50. The number of nitrogens with two attached hydrogens (primary N) is 1. The topological polar surface area (TPSA) is 94.8 Å².